The van der Waals surface area contributed by atoms with Crippen LogP contribution in [-0.2, 0) is 13.0 Å². The summed E-state index contributed by atoms with van der Waals surface area (Å²) in [6, 6.07) is 4.53. The number of pyridine rings is 1. The molecule has 1 unspecified atom stereocenters. The van der Waals surface area contributed by atoms with Crippen molar-refractivity contribution in [1.29, 1.82) is 0 Å². The van der Waals surface area contributed by atoms with E-state index in [4.69, 9.17) is 5.10 Å². The van der Waals surface area contributed by atoms with Crippen LogP contribution in [0.5, 0.6) is 0 Å². The van der Waals surface area contributed by atoms with Crippen LogP contribution in [0, 0.1) is 0 Å². The molecule has 4 heterocycles. The summed E-state index contributed by atoms with van der Waals surface area (Å²) in [4.78, 5) is 19.8. The first-order chi connectivity index (χ1) is 12.9. The third kappa shape index (κ3) is 3.35. The number of aromatic nitrogens is 3. The zero-order chi connectivity index (χ0) is 19.3. The fourth-order valence-electron chi connectivity index (χ4n) is 4.05. The van der Waals surface area contributed by atoms with Gasteiger partial charge in [0.1, 0.15) is 5.69 Å². The van der Waals surface area contributed by atoms with Gasteiger partial charge in [-0.2, -0.15) is 5.10 Å². The summed E-state index contributed by atoms with van der Waals surface area (Å²) >= 11 is 0. The number of carbonyl (C=O) groups excluding carboxylic acids is 1. The maximum Gasteiger partial charge on any atom is 0.273 e. The SMILES string of the molecule is C=C(C)c1ccc(C(C)N2C[C@@H](C)n3nc4c(c3C2=O)CN[C@H](C)C4)cn1.Cl. The van der Waals surface area contributed by atoms with Crippen LogP contribution >= 0.6 is 12.4 Å². The van der Waals surface area contributed by atoms with Gasteiger partial charge in [-0.15, -0.1) is 12.4 Å². The van der Waals surface area contributed by atoms with E-state index < -0.39 is 0 Å². The molecule has 1 amide bonds. The lowest BCUT2D eigenvalue weighted by Crippen LogP contribution is -2.44. The highest BCUT2D eigenvalue weighted by Crippen LogP contribution is 2.33. The minimum absolute atomic E-state index is 0. The zero-order valence-electron chi connectivity index (χ0n) is 16.9. The lowest BCUT2D eigenvalue weighted by Gasteiger charge is -2.36. The van der Waals surface area contributed by atoms with Crippen LogP contribution in [0.25, 0.3) is 5.57 Å². The monoisotopic (exact) mass is 401 g/mol. The number of hydrogen-bond acceptors (Lipinski definition) is 4. The predicted molar refractivity (Wildman–Crippen MR) is 113 cm³/mol. The first kappa shape index (κ1) is 20.6. The van der Waals surface area contributed by atoms with E-state index in [0.717, 1.165) is 40.2 Å². The average Bonchev–Trinajstić information content (AvgIpc) is 3.03. The van der Waals surface area contributed by atoms with Crippen LogP contribution in [0.2, 0.25) is 0 Å². The van der Waals surface area contributed by atoms with E-state index in [1.807, 2.05) is 34.8 Å². The fraction of sp³-hybridized carbons (Fsp3) is 0.476. The van der Waals surface area contributed by atoms with Crippen LogP contribution in [-0.4, -0.2) is 38.2 Å². The summed E-state index contributed by atoms with van der Waals surface area (Å²) in [5.74, 6) is 0.0645. The molecule has 0 saturated carbocycles. The van der Waals surface area contributed by atoms with Crippen molar-refractivity contribution in [3.05, 3.63) is 53.1 Å². The Morgan fingerprint density at radius 2 is 2.11 bits per heavy atom. The van der Waals surface area contributed by atoms with E-state index in [1.165, 1.54) is 0 Å². The molecular formula is C21H28ClN5O. The molecule has 2 aliphatic rings. The van der Waals surface area contributed by atoms with E-state index in [1.54, 1.807) is 0 Å². The van der Waals surface area contributed by atoms with Crippen molar-refractivity contribution >= 4 is 23.9 Å². The van der Waals surface area contributed by atoms with Gasteiger partial charge in [-0.25, -0.2) is 0 Å². The Morgan fingerprint density at radius 1 is 1.36 bits per heavy atom. The van der Waals surface area contributed by atoms with Crippen molar-refractivity contribution in [3.63, 3.8) is 0 Å². The highest BCUT2D eigenvalue weighted by Gasteiger charge is 2.38. The second kappa shape index (κ2) is 7.68. The van der Waals surface area contributed by atoms with Gasteiger partial charge in [0.25, 0.3) is 5.91 Å². The largest absolute Gasteiger partial charge is 0.328 e. The molecule has 0 aromatic carbocycles. The minimum Gasteiger partial charge on any atom is -0.328 e. The molecule has 150 valence electrons. The first-order valence-corrected chi connectivity index (χ1v) is 9.63. The number of halogens is 1. The van der Waals surface area contributed by atoms with Gasteiger partial charge in [0.2, 0.25) is 0 Å². The van der Waals surface area contributed by atoms with Gasteiger partial charge in [-0.3, -0.25) is 14.5 Å². The van der Waals surface area contributed by atoms with Crippen molar-refractivity contribution < 1.29 is 4.79 Å². The lowest BCUT2D eigenvalue weighted by molar-refractivity contribution is 0.0584. The summed E-state index contributed by atoms with van der Waals surface area (Å²) in [6.45, 7) is 13.6. The topological polar surface area (TPSA) is 63.1 Å². The van der Waals surface area contributed by atoms with Gasteiger partial charge in [-0.1, -0.05) is 12.6 Å². The number of amides is 1. The molecule has 7 heteroatoms. The molecule has 2 aliphatic heterocycles. The summed E-state index contributed by atoms with van der Waals surface area (Å²) in [5.41, 5.74) is 5.75. The molecule has 4 rings (SSSR count). The Labute approximate surface area is 172 Å². The van der Waals surface area contributed by atoms with Crippen molar-refractivity contribution in [1.82, 2.24) is 25.0 Å². The third-order valence-electron chi connectivity index (χ3n) is 5.73. The third-order valence-corrected chi connectivity index (χ3v) is 5.73. The Kier molecular flexibility index (Phi) is 5.64. The van der Waals surface area contributed by atoms with Crippen LogP contribution < -0.4 is 5.32 Å². The molecule has 0 radical (unpaired) electrons. The summed E-state index contributed by atoms with van der Waals surface area (Å²) in [5, 5.41) is 8.24. The molecule has 6 nitrogen and oxygen atoms in total. The van der Waals surface area contributed by atoms with Crippen molar-refractivity contribution in [2.24, 2.45) is 0 Å². The zero-order valence-corrected chi connectivity index (χ0v) is 17.7. The van der Waals surface area contributed by atoms with E-state index >= 15 is 0 Å². The maximum atomic E-state index is 13.4. The number of nitrogens with one attached hydrogen (secondary N) is 1. The molecule has 0 spiro atoms. The van der Waals surface area contributed by atoms with E-state index in [2.05, 4.69) is 37.7 Å². The number of fused-ring (bicyclic) bond motifs is 3. The molecule has 0 bridgehead atoms. The van der Waals surface area contributed by atoms with Gasteiger partial charge in [0, 0.05) is 37.3 Å². The summed E-state index contributed by atoms with van der Waals surface area (Å²) in [6.07, 6.45) is 2.73. The number of rotatable bonds is 3. The molecular weight excluding hydrogens is 374 g/mol. The van der Waals surface area contributed by atoms with Gasteiger partial charge < -0.3 is 10.2 Å². The van der Waals surface area contributed by atoms with Crippen LogP contribution in [0.4, 0.5) is 0 Å². The van der Waals surface area contributed by atoms with Crippen LogP contribution in [0.3, 0.4) is 0 Å². The first-order valence-electron chi connectivity index (χ1n) is 9.63. The molecule has 2 aromatic heterocycles. The normalized spacial score (nSPS) is 22.1. The molecule has 2 aromatic rings. The Bertz CT molecular complexity index is 904. The molecule has 28 heavy (non-hydrogen) atoms. The quantitative estimate of drug-likeness (QED) is 0.854. The molecule has 3 atom stereocenters. The highest BCUT2D eigenvalue weighted by atomic mass is 35.5. The Morgan fingerprint density at radius 3 is 2.75 bits per heavy atom. The number of hydrogen-bond donors (Lipinski definition) is 1. The fourth-order valence-corrected chi connectivity index (χ4v) is 4.05. The van der Waals surface area contributed by atoms with Gasteiger partial charge in [0.05, 0.1) is 23.5 Å². The average molecular weight is 402 g/mol. The highest BCUT2D eigenvalue weighted by molar-refractivity contribution is 5.95. The minimum atomic E-state index is -0.0404. The van der Waals surface area contributed by atoms with Crippen LogP contribution in [0.1, 0.15) is 72.8 Å². The predicted octanol–water partition coefficient (Wildman–Crippen LogP) is 3.55. The maximum absolute atomic E-state index is 13.4. The second-order valence-corrected chi connectivity index (χ2v) is 7.94. The lowest BCUT2D eigenvalue weighted by atomic mass is 9.99. The Balaban J connectivity index is 0.00000225. The molecule has 0 aliphatic carbocycles. The summed E-state index contributed by atoms with van der Waals surface area (Å²) in [7, 11) is 0. The smallest absolute Gasteiger partial charge is 0.273 e. The molecule has 0 fully saturated rings. The van der Waals surface area contributed by atoms with Crippen LogP contribution in [0.15, 0.2) is 24.9 Å². The summed E-state index contributed by atoms with van der Waals surface area (Å²) < 4.78 is 1.94. The van der Waals surface area contributed by atoms with Crippen molar-refractivity contribution in [2.75, 3.05) is 6.54 Å². The number of carbonyl (C=O) groups is 1. The van der Waals surface area contributed by atoms with E-state index in [9.17, 15) is 4.79 Å². The van der Waals surface area contributed by atoms with Crippen molar-refractivity contribution in [2.45, 2.75) is 58.8 Å². The standard InChI is InChI=1S/C21H27N5O.ClH/c1-12(2)18-7-6-16(9-23-18)15(5)25-11-14(4)26-20(21(25)27)17-10-22-13(3)8-19(17)24-26;/h6-7,9,13-15,22H,1,8,10-11H2,2-5H3;1H/t13-,14-,15?;/m1./s1. The molecule has 1 N–H and O–H groups in total. The molecule has 0 saturated heterocycles. The van der Waals surface area contributed by atoms with Crippen molar-refractivity contribution in [3.8, 4) is 0 Å². The Hall–Kier alpha value is -2.18. The number of allylic oxidation sites excluding steroid dienone is 1. The van der Waals surface area contributed by atoms with E-state index in [-0.39, 0.29) is 30.4 Å². The second-order valence-electron chi connectivity index (χ2n) is 7.94. The van der Waals surface area contributed by atoms with Gasteiger partial charge >= 0.3 is 0 Å². The van der Waals surface area contributed by atoms with Gasteiger partial charge in [0.15, 0.2) is 0 Å². The van der Waals surface area contributed by atoms with E-state index in [0.29, 0.717) is 19.1 Å². The number of nitrogens with zero attached hydrogens (tertiary/aromatic N) is 4. The van der Waals surface area contributed by atoms with Gasteiger partial charge in [-0.05, 0) is 44.9 Å².